The minimum absolute atomic E-state index is 0.0457. The normalized spacial score (nSPS) is 13.8. The van der Waals surface area contributed by atoms with Crippen LogP contribution in [0.25, 0.3) is 0 Å². The van der Waals surface area contributed by atoms with Crippen molar-refractivity contribution in [3.63, 3.8) is 0 Å². The zero-order valence-corrected chi connectivity index (χ0v) is 19.5. The Bertz CT molecular complexity index is 936. The zero-order chi connectivity index (χ0) is 23.2. The number of aldehydes is 1. The van der Waals surface area contributed by atoms with Gasteiger partial charge in [-0.3, -0.25) is 0 Å². The number of esters is 1. The van der Waals surface area contributed by atoms with E-state index in [1.165, 1.54) is 11.8 Å². The lowest BCUT2D eigenvalue weighted by Crippen LogP contribution is -2.55. The van der Waals surface area contributed by atoms with E-state index in [1.54, 1.807) is 20.8 Å². The van der Waals surface area contributed by atoms with Crippen LogP contribution < -0.4 is 5.73 Å². The van der Waals surface area contributed by atoms with Gasteiger partial charge in [-0.15, -0.1) is 11.8 Å². The smallest absolute Gasteiger partial charge is 0.334 e. The van der Waals surface area contributed by atoms with Gasteiger partial charge in [-0.1, -0.05) is 91.0 Å². The first-order valence-electron chi connectivity index (χ1n) is 10.5. The highest BCUT2D eigenvalue weighted by Crippen LogP contribution is 2.49. The highest BCUT2D eigenvalue weighted by molar-refractivity contribution is 8.00. The van der Waals surface area contributed by atoms with Gasteiger partial charge in [0.25, 0.3) is 0 Å². The third-order valence-electron chi connectivity index (χ3n) is 5.06. The summed E-state index contributed by atoms with van der Waals surface area (Å²) in [5.41, 5.74) is 6.89. The Morgan fingerprint density at radius 2 is 1.19 bits per heavy atom. The number of benzene rings is 3. The summed E-state index contributed by atoms with van der Waals surface area (Å²) in [6.07, 6.45) is 0.500. The van der Waals surface area contributed by atoms with Crippen LogP contribution >= 0.6 is 11.8 Å². The van der Waals surface area contributed by atoms with Gasteiger partial charge in [-0.05, 0) is 37.5 Å². The first-order chi connectivity index (χ1) is 15.2. The van der Waals surface area contributed by atoms with Crippen molar-refractivity contribution >= 4 is 24.0 Å². The molecule has 166 valence electrons. The lowest BCUT2D eigenvalue weighted by molar-refractivity contribution is -0.161. The summed E-state index contributed by atoms with van der Waals surface area (Å²) in [7, 11) is 0. The number of carbonyl (C=O) groups excluding carboxylic acids is 2. The number of thioether (sulfide) groups is 1. The summed E-state index contributed by atoms with van der Waals surface area (Å²) in [5.74, 6) is -0.681. The van der Waals surface area contributed by atoms with Crippen LogP contribution in [-0.2, 0) is 19.1 Å². The van der Waals surface area contributed by atoms with Crippen LogP contribution in [0.3, 0.4) is 0 Å². The Morgan fingerprint density at radius 3 is 1.50 bits per heavy atom. The summed E-state index contributed by atoms with van der Waals surface area (Å²) in [5, 5.41) is 0. The van der Waals surface area contributed by atoms with Crippen molar-refractivity contribution in [3.8, 4) is 0 Å². The Balaban J connectivity index is 2.13. The summed E-state index contributed by atoms with van der Waals surface area (Å²) in [4.78, 5) is 24.9. The average molecular weight is 448 g/mol. The van der Waals surface area contributed by atoms with Gasteiger partial charge >= 0.3 is 5.97 Å². The fraction of sp³-hybridized carbons (Fsp3) is 0.259. The average Bonchev–Trinajstić information content (AvgIpc) is 2.80. The first kappa shape index (κ1) is 23.8. The van der Waals surface area contributed by atoms with E-state index in [1.807, 2.05) is 54.6 Å². The van der Waals surface area contributed by atoms with Gasteiger partial charge in [0.05, 0.1) is 4.75 Å². The van der Waals surface area contributed by atoms with Crippen molar-refractivity contribution in [3.05, 3.63) is 108 Å². The summed E-state index contributed by atoms with van der Waals surface area (Å²) in [6.45, 7) is 5.27. The molecule has 0 spiro atoms. The van der Waals surface area contributed by atoms with Crippen molar-refractivity contribution in [2.75, 3.05) is 5.75 Å². The maximum Gasteiger partial charge on any atom is 0.334 e. The number of hydrogen-bond acceptors (Lipinski definition) is 5. The van der Waals surface area contributed by atoms with Crippen molar-refractivity contribution in [2.24, 2.45) is 5.73 Å². The molecule has 0 heterocycles. The minimum Gasteiger partial charge on any atom is -0.458 e. The molecule has 0 aliphatic heterocycles. The summed E-state index contributed by atoms with van der Waals surface area (Å²) in [6, 6.07) is 30.1. The van der Waals surface area contributed by atoms with E-state index in [0.717, 1.165) is 16.7 Å². The zero-order valence-electron chi connectivity index (χ0n) is 18.7. The standard InChI is InChI=1S/C27H29NO3S/c1-25(2,3)31-24(30)26(28,19-29)20-32-27(21-13-7-4-8-14-21,22-15-9-5-10-16-22)23-17-11-6-12-18-23/h4-19H,20,28H2,1-3H3/t26-/m0/s1. The molecule has 0 radical (unpaired) electrons. The predicted molar refractivity (Wildman–Crippen MR) is 130 cm³/mol. The van der Waals surface area contributed by atoms with Crippen molar-refractivity contribution in [1.29, 1.82) is 0 Å². The molecule has 0 aromatic heterocycles. The molecule has 0 aliphatic rings. The fourth-order valence-electron chi connectivity index (χ4n) is 3.51. The molecule has 5 heteroatoms. The molecule has 0 saturated heterocycles. The molecule has 0 fully saturated rings. The van der Waals surface area contributed by atoms with Crippen LogP contribution in [0.15, 0.2) is 91.0 Å². The molecular formula is C27H29NO3S. The molecule has 3 aromatic rings. The van der Waals surface area contributed by atoms with E-state index < -0.39 is 21.9 Å². The third-order valence-corrected chi connectivity index (χ3v) is 6.82. The topological polar surface area (TPSA) is 69.4 Å². The van der Waals surface area contributed by atoms with E-state index in [9.17, 15) is 9.59 Å². The molecule has 1 atom stereocenters. The fourth-order valence-corrected chi connectivity index (χ4v) is 5.06. The molecule has 3 rings (SSSR count). The van der Waals surface area contributed by atoms with Gasteiger partial charge in [-0.2, -0.15) is 0 Å². The number of ether oxygens (including phenoxy) is 1. The quantitative estimate of drug-likeness (QED) is 0.229. The number of rotatable bonds is 8. The molecule has 3 aromatic carbocycles. The molecule has 32 heavy (non-hydrogen) atoms. The van der Waals surface area contributed by atoms with Gasteiger partial charge in [0.15, 0.2) is 11.8 Å². The maximum atomic E-state index is 12.8. The highest BCUT2D eigenvalue weighted by atomic mass is 32.2. The van der Waals surface area contributed by atoms with Crippen LogP contribution in [0.5, 0.6) is 0 Å². The molecule has 0 unspecified atom stereocenters. The Morgan fingerprint density at radius 1 is 0.812 bits per heavy atom. The minimum atomic E-state index is -1.78. The lowest BCUT2D eigenvalue weighted by atomic mass is 9.84. The van der Waals surface area contributed by atoms with Crippen LogP contribution in [0.2, 0.25) is 0 Å². The van der Waals surface area contributed by atoms with Crippen molar-refractivity contribution in [2.45, 2.75) is 36.7 Å². The molecule has 0 aliphatic carbocycles. The number of hydrogen-bond donors (Lipinski definition) is 1. The highest BCUT2D eigenvalue weighted by Gasteiger charge is 2.44. The van der Waals surface area contributed by atoms with Crippen LogP contribution in [-0.4, -0.2) is 29.1 Å². The van der Waals surface area contributed by atoms with Gasteiger partial charge in [0.2, 0.25) is 0 Å². The molecule has 0 amide bonds. The lowest BCUT2D eigenvalue weighted by Gasteiger charge is -2.37. The SMILES string of the molecule is CC(C)(C)OC(=O)[C@](N)(C=O)CSC(c1ccccc1)(c1ccccc1)c1ccccc1. The Hall–Kier alpha value is -2.89. The van der Waals surface area contributed by atoms with Crippen LogP contribution in [0.1, 0.15) is 37.5 Å². The monoisotopic (exact) mass is 447 g/mol. The van der Waals surface area contributed by atoms with E-state index in [4.69, 9.17) is 10.5 Å². The second kappa shape index (κ2) is 9.72. The molecule has 0 bridgehead atoms. The second-order valence-corrected chi connectivity index (χ2v) is 9.92. The van der Waals surface area contributed by atoms with E-state index >= 15 is 0 Å². The predicted octanol–water partition coefficient (Wildman–Crippen LogP) is 4.95. The van der Waals surface area contributed by atoms with Crippen molar-refractivity contribution < 1.29 is 14.3 Å². The molecule has 0 saturated carbocycles. The number of carbonyl (C=O) groups is 2. The van der Waals surface area contributed by atoms with E-state index in [2.05, 4.69) is 36.4 Å². The maximum absolute atomic E-state index is 12.8. The van der Waals surface area contributed by atoms with Crippen molar-refractivity contribution in [1.82, 2.24) is 0 Å². The second-order valence-electron chi connectivity index (χ2n) is 8.73. The third kappa shape index (κ3) is 5.12. The Kier molecular flexibility index (Phi) is 7.22. The molecule has 4 nitrogen and oxygen atoms in total. The van der Waals surface area contributed by atoms with Gasteiger partial charge in [0, 0.05) is 5.75 Å². The Labute approximate surface area is 194 Å². The summed E-state index contributed by atoms with van der Waals surface area (Å²) >= 11 is 1.46. The first-order valence-corrected chi connectivity index (χ1v) is 11.5. The largest absolute Gasteiger partial charge is 0.458 e. The van der Waals surface area contributed by atoms with Gasteiger partial charge in [-0.25, -0.2) is 4.79 Å². The van der Waals surface area contributed by atoms with Gasteiger partial charge in [0.1, 0.15) is 5.60 Å². The van der Waals surface area contributed by atoms with E-state index in [-0.39, 0.29) is 5.75 Å². The van der Waals surface area contributed by atoms with E-state index in [0.29, 0.717) is 6.29 Å². The molecule has 2 N–H and O–H groups in total. The molecular weight excluding hydrogens is 418 g/mol. The van der Waals surface area contributed by atoms with Crippen LogP contribution in [0, 0.1) is 0 Å². The number of nitrogens with two attached hydrogens (primary N) is 1. The summed E-state index contributed by atoms with van der Waals surface area (Å²) < 4.78 is 4.79. The van der Waals surface area contributed by atoms with Gasteiger partial charge < -0.3 is 15.3 Å². The van der Waals surface area contributed by atoms with Crippen LogP contribution in [0.4, 0.5) is 0 Å².